The zero-order chi connectivity index (χ0) is 24.1. The summed E-state index contributed by atoms with van der Waals surface area (Å²) in [6.07, 6.45) is 2.85. The van der Waals surface area contributed by atoms with Gasteiger partial charge in [-0.2, -0.15) is 0 Å². The van der Waals surface area contributed by atoms with E-state index >= 15 is 0 Å². The number of fused-ring (bicyclic) bond motifs is 1. The number of amides is 1. The molecule has 1 atom stereocenters. The van der Waals surface area contributed by atoms with Crippen molar-refractivity contribution < 1.29 is 19.1 Å². The zero-order valence-corrected chi connectivity index (χ0v) is 20.2. The van der Waals surface area contributed by atoms with Crippen LogP contribution < -0.4 is 10.1 Å². The molecule has 2 aromatic rings. The van der Waals surface area contributed by atoms with Gasteiger partial charge in [0.15, 0.2) is 11.8 Å². The Morgan fingerprint density at radius 1 is 1.15 bits per heavy atom. The molecule has 0 spiro atoms. The highest BCUT2D eigenvalue weighted by Crippen LogP contribution is 2.41. The first-order chi connectivity index (χ1) is 16.5. The number of hydrogen-bond acceptors (Lipinski definition) is 7. The van der Waals surface area contributed by atoms with Gasteiger partial charge in [-0.25, -0.2) is 9.79 Å². The van der Waals surface area contributed by atoms with Crippen molar-refractivity contribution in [2.24, 2.45) is 4.99 Å². The molecule has 0 aromatic heterocycles. The standard InChI is InChI=1S/C26H27N3O4S/c1-4-18-9-11-20(12-10-18)28-22(30)16-33-21-8-6-7-19(15-21)24-23(25(31)32-5-2)17(3)27-26-29(24)13-14-34-26/h6-15,24H,4-5,16H2,1-3H3,(H,28,30)/t24-/m1/s1. The molecule has 1 N–H and O–H groups in total. The number of hydrogen-bond donors (Lipinski definition) is 1. The molecule has 0 aliphatic carbocycles. The van der Waals surface area contributed by atoms with Crippen molar-refractivity contribution in [3.05, 3.63) is 82.5 Å². The lowest BCUT2D eigenvalue weighted by Gasteiger charge is -2.33. The highest BCUT2D eigenvalue weighted by Gasteiger charge is 2.37. The van der Waals surface area contributed by atoms with Crippen molar-refractivity contribution in [3.8, 4) is 5.75 Å². The summed E-state index contributed by atoms with van der Waals surface area (Å²) in [5, 5.41) is 5.58. The molecule has 7 nitrogen and oxygen atoms in total. The SMILES string of the molecule is CCOC(=O)C1=C(C)N=C2SC=CN2[C@@H]1c1cccc(OCC(=O)Nc2ccc(CC)cc2)c1. The van der Waals surface area contributed by atoms with Crippen molar-refractivity contribution in [2.45, 2.75) is 33.2 Å². The van der Waals surface area contributed by atoms with Gasteiger partial charge in [-0.05, 0) is 61.1 Å². The fourth-order valence-electron chi connectivity index (χ4n) is 3.84. The van der Waals surface area contributed by atoms with E-state index in [9.17, 15) is 9.59 Å². The van der Waals surface area contributed by atoms with Gasteiger partial charge in [0, 0.05) is 11.9 Å². The van der Waals surface area contributed by atoms with Gasteiger partial charge in [-0.15, -0.1) is 0 Å². The number of allylic oxidation sites excluding steroid dienone is 1. The number of benzene rings is 2. The number of carbonyl (C=O) groups is 2. The number of carbonyl (C=O) groups excluding carboxylic acids is 2. The Morgan fingerprint density at radius 3 is 2.68 bits per heavy atom. The number of amidine groups is 1. The summed E-state index contributed by atoms with van der Waals surface area (Å²) in [5.74, 6) is -0.101. The molecule has 4 rings (SSSR count). The van der Waals surface area contributed by atoms with Gasteiger partial charge in [0.1, 0.15) is 5.75 Å². The lowest BCUT2D eigenvalue weighted by Crippen LogP contribution is -2.34. The minimum Gasteiger partial charge on any atom is -0.484 e. The molecular weight excluding hydrogens is 450 g/mol. The predicted molar refractivity (Wildman–Crippen MR) is 134 cm³/mol. The summed E-state index contributed by atoms with van der Waals surface area (Å²) >= 11 is 1.50. The minimum atomic E-state index is -0.396. The molecule has 8 heteroatoms. The van der Waals surface area contributed by atoms with Gasteiger partial charge in [0.2, 0.25) is 0 Å². The van der Waals surface area contributed by atoms with Crippen LogP contribution in [0.2, 0.25) is 0 Å². The van der Waals surface area contributed by atoms with E-state index in [1.165, 1.54) is 17.3 Å². The number of thioether (sulfide) groups is 1. The Balaban J connectivity index is 1.50. The Bertz CT molecular complexity index is 1170. The zero-order valence-electron chi connectivity index (χ0n) is 19.4. The molecule has 1 amide bonds. The number of nitrogens with one attached hydrogen (secondary N) is 1. The number of nitrogens with zero attached hydrogens (tertiary/aromatic N) is 2. The fourth-order valence-corrected chi connectivity index (χ4v) is 4.63. The molecule has 0 saturated carbocycles. The maximum atomic E-state index is 12.8. The van der Waals surface area contributed by atoms with Gasteiger partial charge < -0.3 is 19.7 Å². The van der Waals surface area contributed by atoms with Gasteiger partial charge >= 0.3 is 5.97 Å². The molecule has 2 aromatic carbocycles. The van der Waals surface area contributed by atoms with E-state index in [1.807, 2.05) is 65.9 Å². The van der Waals surface area contributed by atoms with Gasteiger partial charge in [0.25, 0.3) is 5.91 Å². The highest BCUT2D eigenvalue weighted by atomic mass is 32.2. The number of esters is 1. The van der Waals surface area contributed by atoms with Crippen LogP contribution in [0.15, 0.2) is 76.4 Å². The molecule has 2 aliphatic rings. The van der Waals surface area contributed by atoms with Crippen molar-refractivity contribution >= 4 is 34.5 Å². The number of ether oxygens (including phenoxy) is 2. The normalized spacial score (nSPS) is 16.7. The van der Waals surface area contributed by atoms with Crippen LogP contribution in [0.4, 0.5) is 5.69 Å². The fraction of sp³-hybridized carbons (Fsp3) is 0.269. The monoisotopic (exact) mass is 477 g/mol. The smallest absolute Gasteiger partial charge is 0.338 e. The van der Waals surface area contributed by atoms with Crippen LogP contribution in [-0.4, -0.2) is 35.2 Å². The maximum Gasteiger partial charge on any atom is 0.338 e. The molecule has 0 unspecified atom stereocenters. The maximum absolute atomic E-state index is 12.8. The average Bonchev–Trinajstić information content (AvgIpc) is 3.30. The van der Waals surface area contributed by atoms with Crippen LogP contribution in [-0.2, 0) is 20.7 Å². The summed E-state index contributed by atoms with van der Waals surface area (Å²) in [6.45, 7) is 5.84. The van der Waals surface area contributed by atoms with Crippen molar-refractivity contribution in [3.63, 3.8) is 0 Å². The van der Waals surface area contributed by atoms with E-state index in [0.717, 1.165) is 22.8 Å². The van der Waals surface area contributed by atoms with Crippen LogP contribution in [0.5, 0.6) is 5.75 Å². The summed E-state index contributed by atoms with van der Waals surface area (Å²) in [5.41, 5.74) is 3.90. The first-order valence-electron chi connectivity index (χ1n) is 11.2. The second-order valence-corrected chi connectivity index (χ2v) is 8.66. The topological polar surface area (TPSA) is 80.2 Å². The summed E-state index contributed by atoms with van der Waals surface area (Å²) in [7, 11) is 0. The van der Waals surface area contributed by atoms with Crippen LogP contribution in [0, 0.1) is 0 Å². The minimum absolute atomic E-state index is 0.130. The van der Waals surface area contributed by atoms with E-state index < -0.39 is 12.0 Å². The summed E-state index contributed by atoms with van der Waals surface area (Å²) in [6, 6.07) is 14.8. The first-order valence-corrected chi connectivity index (χ1v) is 12.1. The lowest BCUT2D eigenvalue weighted by molar-refractivity contribution is -0.139. The molecule has 0 radical (unpaired) electrons. The van der Waals surface area contributed by atoms with Crippen molar-refractivity contribution in [2.75, 3.05) is 18.5 Å². The average molecular weight is 478 g/mol. The van der Waals surface area contributed by atoms with Crippen LogP contribution >= 0.6 is 11.8 Å². The van der Waals surface area contributed by atoms with Gasteiger partial charge in [-0.1, -0.05) is 43.0 Å². The predicted octanol–water partition coefficient (Wildman–Crippen LogP) is 5.03. The molecule has 2 aliphatic heterocycles. The largest absolute Gasteiger partial charge is 0.484 e. The quantitative estimate of drug-likeness (QED) is 0.537. The van der Waals surface area contributed by atoms with Gasteiger partial charge in [0.05, 0.1) is 23.9 Å². The Morgan fingerprint density at radius 2 is 1.94 bits per heavy atom. The Kier molecular flexibility index (Phi) is 7.37. The number of aliphatic imine (C=N–C) groups is 1. The third-order valence-electron chi connectivity index (χ3n) is 5.51. The Labute approximate surface area is 203 Å². The van der Waals surface area contributed by atoms with E-state index in [-0.39, 0.29) is 19.1 Å². The number of anilines is 1. The van der Waals surface area contributed by atoms with E-state index in [1.54, 1.807) is 13.0 Å². The summed E-state index contributed by atoms with van der Waals surface area (Å²) < 4.78 is 11.1. The van der Waals surface area contributed by atoms with E-state index in [4.69, 9.17) is 9.47 Å². The van der Waals surface area contributed by atoms with Crippen molar-refractivity contribution in [1.82, 2.24) is 4.90 Å². The molecule has 0 saturated heterocycles. The van der Waals surface area contributed by atoms with E-state index in [0.29, 0.717) is 17.0 Å². The van der Waals surface area contributed by atoms with Crippen LogP contribution in [0.25, 0.3) is 0 Å². The molecule has 2 heterocycles. The first kappa shape index (κ1) is 23.6. The Hall–Kier alpha value is -3.52. The highest BCUT2D eigenvalue weighted by molar-refractivity contribution is 8.16. The molecular formula is C26H27N3O4S. The number of aryl methyl sites for hydroxylation is 1. The van der Waals surface area contributed by atoms with Crippen molar-refractivity contribution in [1.29, 1.82) is 0 Å². The number of rotatable bonds is 8. The van der Waals surface area contributed by atoms with Gasteiger partial charge in [-0.3, -0.25) is 4.79 Å². The molecule has 176 valence electrons. The van der Waals surface area contributed by atoms with E-state index in [2.05, 4.69) is 17.2 Å². The lowest BCUT2D eigenvalue weighted by atomic mass is 9.94. The van der Waals surface area contributed by atoms with Crippen LogP contribution in [0.3, 0.4) is 0 Å². The third kappa shape index (κ3) is 5.17. The molecule has 0 fully saturated rings. The second kappa shape index (κ2) is 10.6. The van der Waals surface area contributed by atoms with Crippen LogP contribution in [0.1, 0.15) is 37.9 Å². The third-order valence-corrected chi connectivity index (χ3v) is 6.28. The molecule has 0 bridgehead atoms. The molecule has 34 heavy (non-hydrogen) atoms. The second-order valence-electron chi connectivity index (χ2n) is 7.79. The summed E-state index contributed by atoms with van der Waals surface area (Å²) in [4.78, 5) is 31.7.